The maximum absolute atomic E-state index is 13.3. The highest BCUT2D eigenvalue weighted by Gasteiger charge is 2.31. The number of aryl methyl sites for hydroxylation is 1. The van der Waals surface area contributed by atoms with Gasteiger partial charge in [0.05, 0.1) is 0 Å². The van der Waals surface area contributed by atoms with E-state index in [4.69, 9.17) is 27.9 Å². The molecule has 1 saturated carbocycles. The van der Waals surface area contributed by atoms with E-state index in [9.17, 15) is 9.59 Å². The maximum Gasteiger partial charge on any atom is 0.261 e. The summed E-state index contributed by atoms with van der Waals surface area (Å²) in [5.41, 5.74) is 1.81. The van der Waals surface area contributed by atoms with E-state index in [1.807, 2.05) is 31.2 Å². The summed E-state index contributed by atoms with van der Waals surface area (Å²) in [4.78, 5) is 28.1. The standard InChI is InChI=1S/C26H32Cl2N2O3/c1-3-18-12-14-20(15-13-18)33-17-25(31)30(16-21-22(27)10-7-11-23(21)28)24(4-2)26(32)29-19-8-5-6-9-19/h7,10-15,19,24H,3-6,8-9,16-17H2,1-2H3,(H,29,32)/t24-/m0/s1. The molecule has 0 aromatic heterocycles. The third-order valence-electron chi connectivity index (χ3n) is 6.17. The number of benzene rings is 2. The first kappa shape index (κ1) is 25.4. The second kappa shape index (κ2) is 12.3. The Kier molecular flexibility index (Phi) is 9.45. The number of rotatable bonds is 10. The Morgan fingerprint density at radius 1 is 1.06 bits per heavy atom. The molecule has 2 amide bonds. The van der Waals surface area contributed by atoms with Crippen LogP contribution in [0, 0.1) is 0 Å². The molecule has 1 aliphatic carbocycles. The molecule has 2 aromatic carbocycles. The Balaban J connectivity index is 1.79. The fourth-order valence-corrected chi connectivity index (χ4v) is 4.71. The highest BCUT2D eigenvalue weighted by molar-refractivity contribution is 6.36. The van der Waals surface area contributed by atoms with Gasteiger partial charge in [0.1, 0.15) is 11.8 Å². The van der Waals surface area contributed by atoms with Gasteiger partial charge in [-0.1, -0.05) is 68.1 Å². The van der Waals surface area contributed by atoms with Gasteiger partial charge in [-0.2, -0.15) is 0 Å². The minimum Gasteiger partial charge on any atom is -0.484 e. The van der Waals surface area contributed by atoms with E-state index in [0.29, 0.717) is 27.8 Å². The number of carbonyl (C=O) groups is 2. The van der Waals surface area contributed by atoms with Crippen molar-refractivity contribution in [3.8, 4) is 5.75 Å². The molecular weight excluding hydrogens is 459 g/mol. The van der Waals surface area contributed by atoms with E-state index < -0.39 is 6.04 Å². The van der Waals surface area contributed by atoms with Crippen molar-refractivity contribution >= 4 is 35.0 Å². The second-order valence-corrected chi connectivity index (χ2v) is 9.24. The normalized spacial score (nSPS) is 14.7. The monoisotopic (exact) mass is 490 g/mol. The minimum atomic E-state index is -0.642. The molecule has 0 radical (unpaired) electrons. The smallest absolute Gasteiger partial charge is 0.261 e. The van der Waals surface area contributed by atoms with Gasteiger partial charge in [-0.3, -0.25) is 9.59 Å². The number of hydrogen-bond acceptors (Lipinski definition) is 3. The second-order valence-electron chi connectivity index (χ2n) is 8.42. The third-order valence-corrected chi connectivity index (χ3v) is 6.88. The summed E-state index contributed by atoms with van der Waals surface area (Å²) in [6.07, 6.45) is 5.58. The van der Waals surface area contributed by atoms with E-state index in [2.05, 4.69) is 12.2 Å². The van der Waals surface area contributed by atoms with E-state index in [1.165, 1.54) is 10.5 Å². The lowest BCUT2D eigenvalue weighted by Crippen LogP contribution is -2.52. The van der Waals surface area contributed by atoms with E-state index in [-0.39, 0.29) is 31.0 Å². The third kappa shape index (κ3) is 6.87. The van der Waals surface area contributed by atoms with Crippen LogP contribution >= 0.6 is 23.2 Å². The molecule has 33 heavy (non-hydrogen) atoms. The van der Waals surface area contributed by atoms with Crippen molar-refractivity contribution in [1.29, 1.82) is 0 Å². The Morgan fingerprint density at radius 3 is 2.27 bits per heavy atom. The van der Waals surface area contributed by atoms with Crippen LogP contribution in [0.25, 0.3) is 0 Å². The minimum absolute atomic E-state index is 0.131. The molecule has 0 saturated heterocycles. The molecule has 5 nitrogen and oxygen atoms in total. The maximum atomic E-state index is 13.3. The average Bonchev–Trinajstić information content (AvgIpc) is 3.32. The molecule has 1 N–H and O–H groups in total. The van der Waals surface area contributed by atoms with E-state index in [1.54, 1.807) is 18.2 Å². The number of nitrogens with zero attached hydrogens (tertiary/aromatic N) is 1. The highest BCUT2D eigenvalue weighted by Crippen LogP contribution is 2.27. The zero-order valence-corrected chi connectivity index (χ0v) is 20.8. The molecule has 3 rings (SSSR count). The fraction of sp³-hybridized carbons (Fsp3) is 0.462. The van der Waals surface area contributed by atoms with Gasteiger partial charge in [-0.25, -0.2) is 0 Å². The predicted molar refractivity (Wildman–Crippen MR) is 133 cm³/mol. The van der Waals surface area contributed by atoms with Crippen LogP contribution in [0.1, 0.15) is 57.1 Å². The van der Waals surface area contributed by atoms with Crippen molar-refractivity contribution in [2.24, 2.45) is 0 Å². The molecular formula is C26H32Cl2N2O3. The Morgan fingerprint density at radius 2 is 1.70 bits per heavy atom. The van der Waals surface area contributed by atoms with E-state index >= 15 is 0 Å². The number of hydrogen-bond donors (Lipinski definition) is 1. The van der Waals surface area contributed by atoms with Crippen molar-refractivity contribution in [2.45, 2.75) is 71.0 Å². The highest BCUT2D eigenvalue weighted by atomic mass is 35.5. The van der Waals surface area contributed by atoms with Crippen molar-refractivity contribution in [3.63, 3.8) is 0 Å². The van der Waals surface area contributed by atoms with Crippen molar-refractivity contribution < 1.29 is 14.3 Å². The van der Waals surface area contributed by atoms with Crippen LogP contribution in [-0.2, 0) is 22.6 Å². The topological polar surface area (TPSA) is 58.6 Å². The molecule has 178 valence electrons. The summed E-state index contributed by atoms with van der Waals surface area (Å²) in [5, 5.41) is 4.05. The van der Waals surface area contributed by atoms with Crippen LogP contribution in [0.4, 0.5) is 0 Å². The molecule has 0 aliphatic heterocycles. The van der Waals surface area contributed by atoms with Crippen LogP contribution in [-0.4, -0.2) is 35.4 Å². The zero-order valence-electron chi connectivity index (χ0n) is 19.3. The van der Waals surface area contributed by atoms with Gasteiger partial charge in [0.25, 0.3) is 5.91 Å². The van der Waals surface area contributed by atoms with Gasteiger partial charge >= 0.3 is 0 Å². The molecule has 1 fully saturated rings. The van der Waals surface area contributed by atoms with Crippen LogP contribution in [0.15, 0.2) is 42.5 Å². The van der Waals surface area contributed by atoms with Crippen molar-refractivity contribution in [3.05, 3.63) is 63.6 Å². The van der Waals surface area contributed by atoms with Gasteiger partial charge in [0.15, 0.2) is 6.61 Å². The SMILES string of the molecule is CCc1ccc(OCC(=O)N(Cc2c(Cl)cccc2Cl)[C@@H](CC)C(=O)NC2CCCC2)cc1. The first-order chi connectivity index (χ1) is 15.9. The molecule has 0 heterocycles. The van der Waals surface area contributed by atoms with Gasteiger partial charge in [0, 0.05) is 28.2 Å². The van der Waals surface area contributed by atoms with Crippen molar-refractivity contribution in [2.75, 3.05) is 6.61 Å². The average molecular weight is 491 g/mol. The Hall–Kier alpha value is -2.24. The Bertz CT molecular complexity index is 923. The lowest BCUT2D eigenvalue weighted by atomic mass is 10.1. The summed E-state index contributed by atoms with van der Waals surface area (Å²) in [5.74, 6) is 0.173. The summed E-state index contributed by atoms with van der Waals surface area (Å²) in [6.45, 7) is 3.93. The lowest BCUT2D eigenvalue weighted by Gasteiger charge is -2.32. The molecule has 0 bridgehead atoms. The molecule has 0 unspecified atom stereocenters. The number of nitrogens with one attached hydrogen (secondary N) is 1. The quantitative estimate of drug-likeness (QED) is 0.457. The van der Waals surface area contributed by atoms with Gasteiger partial charge < -0.3 is 15.0 Å². The van der Waals surface area contributed by atoms with Crippen molar-refractivity contribution in [1.82, 2.24) is 10.2 Å². The lowest BCUT2D eigenvalue weighted by molar-refractivity contribution is -0.143. The molecule has 2 aromatic rings. The van der Waals surface area contributed by atoms with Crippen LogP contribution in [0.3, 0.4) is 0 Å². The number of ether oxygens (including phenoxy) is 1. The molecule has 7 heteroatoms. The van der Waals surface area contributed by atoms with Gasteiger partial charge in [-0.05, 0) is 55.5 Å². The number of amides is 2. The van der Waals surface area contributed by atoms with Crippen LogP contribution in [0.5, 0.6) is 5.75 Å². The fourth-order valence-electron chi connectivity index (χ4n) is 4.19. The summed E-state index contributed by atoms with van der Waals surface area (Å²) >= 11 is 12.8. The first-order valence-corrected chi connectivity index (χ1v) is 12.4. The first-order valence-electron chi connectivity index (χ1n) is 11.7. The summed E-state index contributed by atoms with van der Waals surface area (Å²) in [7, 11) is 0. The summed E-state index contributed by atoms with van der Waals surface area (Å²) in [6, 6.07) is 12.4. The predicted octanol–water partition coefficient (Wildman–Crippen LogP) is 5.80. The summed E-state index contributed by atoms with van der Waals surface area (Å²) < 4.78 is 5.77. The van der Waals surface area contributed by atoms with Gasteiger partial charge in [0.2, 0.25) is 5.91 Å². The number of halogens is 2. The molecule has 1 atom stereocenters. The van der Waals surface area contributed by atoms with E-state index in [0.717, 1.165) is 32.1 Å². The number of carbonyl (C=O) groups excluding carboxylic acids is 2. The largest absolute Gasteiger partial charge is 0.484 e. The zero-order chi connectivity index (χ0) is 23.8. The van der Waals surface area contributed by atoms with Crippen LogP contribution < -0.4 is 10.1 Å². The Labute approximate surface area is 206 Å². The van der Waals surface area contributed by atoms with Crippen LogP contribution in [0.2, 0.25) is 10.0 Å². The molecule has 1 aliphatic rings. The van der Waals surface area contributed by atoms with Gasteiger partial charge in [-0.15, -0.1) is 0 Å². The molecule has 0 spiro atoms.